The third kappa shape index (κ3) is 3.61. The zero-order valence-corrected chi connectivity index (χ0v) is 14.5. The monoisotopic (exact) mass is 347 g/mol. The van der Waals surface area contributed by atoms with Crippen molar-refractivity contribution in [2.75, 3.05) is 6.61 Å². The Morgan fingerprint density at radius 2 is 1.96 bits per heavy atom. The van der Waals surface area contributed by atoms with Gasteiger partial charge >= 0.3 is 0 Å². The summed E-state index contributed by atoms with van der Waals surface area (Å²) >= 11 is 0. The largest absolute Gasteiger partial charge is 0.483 e. The van der Waals surface area contributed by atoms with Crippen molar-refractivity contribution in [1.82, 2.24) is 14.9 Å². The summed E-state index contributed by atoms with van der Waals surface area (Å²) < 4.78 is 7.92. The second kappa shape index (κ2) is 7.44. The Balaban J connectivity index is 1.37. The predicted molar refractivity (Wildman–Crippen MR) is 99.9 cm³/mol. The number of nitrogens with one attached hydrogen (secondary N) is 1. The van der Waals surface area contributed by atoms with Crippen molar-refractivity contribution in [2.24, 2.45) is 0 Å². The van der Waals surface area contributed by atoms with Gasteiger partial charge in [-0.15, -0.1) is 0 Å². The van der Waals surface area contributed by atoms with Crippen LogP contribution in [-0.2, 0) is 17.8 Å². The molecule has 0 bridgehead atoms. The molecule has 0 saturated heterocycles. The van der Waals surface area contributed by atoms with Crippen LogP contribution in [0.1, 0.15) is 12.2 Å². The molecule has 1 aliphatic heterocycles. The molecule has 1 aliphatic rings. The molecule has 2 heterocycles. The molecule has 1 aromatic heterocycles. The predicted octanol–water partition coefficient (Wildman–Crippen LogP) is 3.06. The summed E-state index contributed by atoms with van der Waals surface area (Å²) in [6, 6.07) is 18.0. The van der Waals surface area contributed by atoms with E-state index < -0.39 is 0 Å². The third-order valence-corrected chi connectivity index (χ3v) is 4.63. The molecule has 3 aromatic rings. The third-order valence-electron chi connectivity index (χ3n) is 4.63. The first-order valence-corrected chi connectivity index (χ1v) is 8.86. The van der Waals surface area contributed by atoms with Crippen LogP contribution >= 0.6 is 0 Å². The number of benzene rings is 2. The molecule has 1 N–H and O–H groups in total. The highest BCUT2D eigenvalue weighted by atomic mass is 16.5. The summed E-state index contributed by atoms with van der Waals surface area (Å²) in [6.45, 7) is 0.777. The summed E-state index contributed by atoms with van der Waals surface area (Å²) in [5.74, 6) is 1.71. The van der Waals surface area contributed by atoms with E-state index in [-0.39, 0.29) is 18.6 Å². The molecule has 1 atom stereocenters. The molecule has 4 rings (SSSR count). The molecule has 0 aliphatic carbocycles. The maximum Gasteiger partial charge on any atom is 0.258 e. The zero-order valence-electron chi connectivity index (χ0n) is 14.5. The highest BCUT2D eigenvalue weighted by Gasteiger charge is 2.20. The first-order valence-electron chi connectivity index (χ1n) is 8.86. The second-order valence-electron chi connectivity index (χ2n) is 6.45. The molecular weight excluding hydrogens is 326 g/mol. The van der Waals surface area contributed by atoms with E-state index in [1.54, 1.807) is 0 Å². The summed E-state index contributed by atoms with van der Waals surface area (Å²) in [7, 11) is 0. The maximum absolute atomic E-state index is 12.3. The van der Waals surface area contributed by atoms with Gasteiger partial charge in [-0.25, -0.2) is 4.98 Å². The van der Waals surface area contributed by atoms with Crippen LogP contribution in [0.25, 0.3) is 11.1 Å². The lowest BCUT2D eigenvalue weighted by molar-refractivity contribution is -0.124. The van der Waals surface area contributed by atoms with Crippen LogP contribution in [0.2, 0.25) is 0 Å². The first-order chi connectivity index (χ1) is 12.8. The maximum atomic E-state index is 12.3. The number of rotatable bonds is 5. The van der Waals surface area contributed by atoms with Crippen LogP contribution < -0.4 is 10.1 Å². The molecular formula is C21H21N3O2. The molecule has 0 spiro atoms. The van der Waals surface area contributed by atoms with Crippen LogP contribution in [0, 0.1) is 0 Å². The van der Waals surface area contributed by atoms with Gasteiger partial charge < -0.3 is 14.6 Å². The van der Waals surface area contributed by atoms with Crippen molar-refractivity contribution in [2.45, 2.75) is 25.4 Å². The van der Waals surface area contributed by atoms with E-state index in [2.05, 4.69) is 14.9 Å². The van der Waals surface area contributed by atoms with E-state index >= 15 is 0 Å². The average Bonchev–Trinajstić information content (AvgIpc) is 3.15. The normalized spacial score (nSPS) is 15.9. The Kier molecular flexibility index (Phi) is 4.69. The number of amides is 1. The molecule has 132 valence electrons. The van der Waals surface area contributed by atoms with Gasteiger partial charge in [-0.3, -0.25) is 4.79 Å². The van der Waals surface area contributed by atoms with Gasteiger partial charge in [0.2, 0.25) is 0 Å². The van der Waals surface area contributed by atoms with Crippen molar-refractivity contribution in [3.63, 3.8) is 0 Å². The van der Waals surface area contributed by atoms with E-state index in [0.717, 1.165) is 42.1 Å². The smallest absolute Gasteiger partial charge is 0.258 e. The lowest BCUT2D eigenvalue weighted by atomic mass is 10.1. The van der Waals surface area contributed by atoms with E-state index in [9.17, 15) is 4.79 Å². The number of ether oxygens (including phenoxy) is 1. The molecule has 5 nitrogen and oxygen atoms in total. The van der Waals surface area contributed by atoms with Crippen LogP contribution in [0.5, 0.6) is 5.75 Å². The fraction of sp³-hybridized carbons (Fsp3) is 0.238. The Bertz CT molecular complexity index is 889. The average molecular weight is 347 g/mol. The number of hydrogen-bond donors (Lipinski definition) is 1. The first kappa shape index (κ1) is 16.4. The van der Waals surface area contributed by atoms with Gasteiger partial charge in [-0.2, -0.15) is 0 Å². The number of carbonyl (C=O) groups is 1. The van der Waals surface area contributed by atoms with Crippen molar-refractivity contribution in [3.05, 3.63) is 72.8 Å². The quantitative estimate of drug-likeness (QED) is 0.772. The van der Waals surface area contributed by atoms with Crippen molar-refractivity contribution < 1.29 is 9.53 Å². The highest BCUT2D eigenvalue weighted by molar-refractivity contribution is 5.78. The van der Waals surface area contributed by atoms with E-state index in [1.165, 1.54) is 0 Å². The van der Waals surface area contributed by atoms with Gasteiger partial charge in [0.1, 0.15) is 11.6 Å². The van der Waals surface area contributed by atoms with Crippen LogP contribution in [0.4, 0.5) is 0 Å². The number of para-hydroxylation sites is 1. The number of carbonyl (C=O) groups excluding carboxylic acids is 1. The van der Waals surface area contributed by atoms with E-state index in [1.807, 2.05) is 67.0 Å². The summed E-state index contributed by atoms with van der Waals surface area (Å²) in [5.41, 5.74) is 2.06. The van der Waals surface area contributed by atoms with Gasteiger partial charge in [0, 0.05) is 37.0 Å². The van der Waals surface area contributed by atoms with Crippen molar-refractivity contribution in [1.29, 1.82) is 0 Å². The Morgan fingerprint density at radius 3 is 2.85 bits per heavy atom. The standard InChI is InChI=1S/C21H21N3O2/c25-21(23-17-10-11-20-22-12-13-24(20)14-17)15-26-19-9-5-4-8-18(19)16-6-2-1-3-7-16/h1-9,12-13,17H,10-11,14-15H2,(H,23,25)/t17-/m1/s1. The Labute approximate surface area is 152 Å². The topological polar surface area (TPSA) is 56.1 Å². The van der Waals surface area contributed by atoms with Crippen LogP contribution in [-0.4, -0.2) is 28.1 Å². The fourth-order valence-corrected chi connectivity index (χ4v) is 3.35. The van der Waals surface area contributed by atoms with Crippen LogP contribution in [0.3, 0.4) is 0 Å². The molecule has 26 heavy (non-hydrogen) atoms. The lowest BCUT2D eigenvalue weighted by Crippen LogP contribution is -2.42. The summed E-state index contributed by atoms with van der Waals surface area (Å²) in [5, 5.41) is 3.07. The molecule has 1 amide bonds. The Hall–Kier alpha value is -3.08. The van der Waals surface area contributed by atoms with Crippen molar-refractivity contribution in [3.8, 4) is 16.9 Å². The fourth-order valence-electron chi connectivity index (χ4n) is 3.35. The van der Waals surface area contributed by atoms with E-state index in [4.69, 9.17) is 4.74 Å². The zero-order chi connectivity index (χ0) is 17.8. The van der Waals surface area contributed by atoms with Gasteiger partial charge in [0.15, 0.2) is 6.61 Å². The van der Waals surface area contributed by atoms with Gasteiger partial charge in [-0.1, -0.05) is 48.5 Å². The minimum atomic E-state index is -0.0959. The molecule has 2 aromatic carbocycles. The van der Waals surface area contributed by atoms with Gasteiger partial charge in [-0.05, 0) is 18.1 Å². The number of nitrogens with zero attached hydrogens (tertiary/aromatic N) is 2. The van der Waals surface area contributed by atoms with Crippen molar-refractivity contribution >= 4 is 5.91 Å². The SMILES string of the molecule is O=C(COc1ccccc1-c1ccccc1)N[C@@H]1CCc2nccn2C1. The van der Waals surface area contributed by atoms with E-state index in [0.29, 0.717) is 0 Å². The number of aromatic nitrogens is 2. The van der Waals surface area contributed by atoms with Gasteiger partial charge in [0.25, 0.3) is 5.91 Å². The minimum absolute atomic E-state index is 0.0110. The lowest BCUT2D eigenvalue weighted by Gasteiger charge is -2.24. The molecule has 0 fully saturated rings. The van der Waals surface area contributed by atoms with Crippen LogP contribution in [0.15, 0.2) is 67.0 Å². The molecule has 0 radical (unpaired) electrons. The number of imidazole rings is 1. The Morgan fingerprint density at radius 1 is 1.15 bits per heavy atom. The minimum Gasteiger partial charge on any atom is -0.483 e. The molecule has 0 unspecified atom stereocenters. The number of fused-ring (bicyclic) bond motifs is 1. The highest BCUT2D eigenvalue weighted by Crippen LogP contribution is 2.29. The summed E-state index contributed by atoms with van der Waals surface area (Å²) in [6.07, 6.45) is 5.56. The number of hydrogen-bond acceptors (Lipinski definition) is 3. The second-order valence-corrected chi connectivity index (χ2v) is 6.45. The van der Waals surface area contributed by atoms with Gasteiger partial charge in [0.05, 0.1) is 0 Å². The number of aryl methyl sites for hydroxylation is 1. The molecule has 5 heteroatoms. The molecule has 0 saturated carbocycles. The summed E-state index contributed by atoms with van der Waals surface area (Å²) in [4.78, 5) is 16.6.